The molecular formula is C8H7ClFN. The van der Waals surface area contributed by atoms with Crippen molar-refractivity contribution in [3.05, 3.63) is 29.0 Å². The molecule has 11 heavy (non-hydrogen) atoms. The topological polar surface area (TPSA) is 12.9 Å². The van der Waals surface area contributed by atoms with Crippen LogP contribution in [0.5, 0.6) is 0 Å². The molecule has 3 heteroatoms. The zero-order valence-corrected chi connectivity index (χ0v) is 6.61. The molecular weight excluding hydrogens is 165 g/mol. The second-order valence-electron chi connectivity index (χ2n) is 2.83. The molecule has 58 valence electrons. The Morgan fingerprint density at radius 2 is 2.18 bits per heavy atom. The Hall–Kier alpha value is -0.630. The van der Waals surface area contributed by atoms with Crippen molar-refractivity contribution in [2.24, 2.45) is 0 Å². The van der Waals surface area contributed by atoms with Crippen LogP contribution in [0.4, 0.5) is 4.39 Å². The molecule has 0 unspecified atom stereocenters. The van der Waals surface area contributed by atoms with Gasteiger partial charge < -0.3 is 0 Å². The van der Waals surface area contributed by atoms with Crippen molar-refractivity contribution in [1.29, 1.82) is 0 Å². The molecule has 2 rings (SSSR count). The van der Waals surface area contributed by atoms with E-state index in [0.717, 1.165) is 0 Å². The van der Waals surface area contributed by atoms with Crippen LogP contribution in [-0.2, 0) is 5.67 Å². The monoisotopic (exact) mass is 171 g/mol. The average molecular weight is 172 g/mol. The number of pyridine rings is 1. The predicted octanol–water partition coefficient (Wildman–Crippen LogP) is 2.69. The van der Waals surface area contributed by atoms with Gasteiger partial charge in [0.15, 0.2) is 0 Å². The Bertz CT molecular complexity index is 266. The highest BCUT2D eigenvalue weighted by Gasteiger charge is 2.45. The van der Waals surface area contributed by atoms with E-state index in [4.69, 9.17) is 11.6 Å². The van der Waals surface area contributed by atoms with Gasteiger partial charge in [-0.2, -0.15) is 0 Å². The molecule has 0 aliphatic heterocycles. The third kappa shape index (κ3) is 1.23. The lowest BCUT2D eigenvalue weighted by Crippen LogP contribution is -1.97. The molecule has 1 nitrogen and oxygen atoms in total. The summed E-state index contributed by atoms with van der Waals surface area (Å²) in [5, 5.41) is 0.415. The highest BCUT2D eigenvalue weighted by atomic mass is 35.5. The maximum atomic E-state index is 13.3. The van der Waals surface area contributed by atoms with Gasteiger partial charge in [-0.05, 0) is 18.9 Å². The van der Waals surface area contributed by atoms with E-state index < -0.39 is 5.67 Å². The smallest absolute Gasteiger partial charge is 0.137 e. The van der Waals surface area contributed by atoms with Crippen LogP contribution in [0, 0.1) is 0 Å². The summed E-state index contributed by atoms with van der Waals surface area (Å²) in [6, 6.07) is 3.32. The molecule has 0 N–H and O–H groups in total. The van der Waals surface area contributed by atoms with Crippen LogP contribution in [0.3, 0.4) is 0 Å². The summed E-state index contributed by atoms with van der Waals surface area (Å²) >= 11 is 5.55. The van der Waals surface area contributed by atoms with E-state index >= 15 is 0 Å². The van der Waals surface area contributed by atoms with Gasteiger partial charge in [-0.25, -0.2) is 9.37 Å². The van der Waals surface area contributed by atoms with Gasteiger partial charge >= 0.3 is 0 Å². The van der Waals surface area contributed by atoms with E-state index in [1.807, 2.05) is 0 Å². The van der Waals surface area contributed by atoms with Crippen LogP contribution < -0.4 is 0 Å². The summed E-state index contributed by atoms with van der Waals surface area (Å²) in [6.45, 7) is 0. The van der Waals surface area contributed by atoms with Crippen molar-refractivity contribution < 1.29 is 4.39 Å². The number of hydrogen-bond donors (Lipinski definition) is 0. The second-order valence-corrected chi connectivity index (χ2v) is 3.22. The van der Waals surface area contributed by atoms with Gasteiger partial charge in [-0.15, -0.1) is 0 Å². The molecule has 0 bridgehead atoms. The minimum atomic E-state index is -1.09. The molecule has 0 spiro atoms. The zero-order valence-electron chi connectivity index (χ0n) is 5.85. The maximum absolute atomic E-state index is 13.3. The SMILES string of the molecule is FC1(c2ccc(Cl)nc2)CC1. The lowest BCUT2D eigenvalue weighted by molar-refractivity contribution is 0.317. The molecule has 0 saturated heterocycles. The van der Waals surface area contributed by atoms with Gasteiger partial charge in [-0.3, -0.25) is 0 Å². The first-order valence-electron chi connectivity index (χ1n) is 3.52. The fourth-order valence-electron chi connectivity index (χ4n) is 1.04. The average Bonchev–Trinajstić information content (AvgIpc) is 2.70. The Morgan fingerprint density at radius 3 is 2.64 bits per heavy atom. The molecule has 1 aliphatic carbocycles. The molecule has 0 aromatic carbocycles. The molecule has 1 aromatic rings. The van der Waals surface area contributed by atoms with E-state index in [1.54, 1.807) is 12.1 Å². The highest BCUT2D eigenvalue weighted by Crippen LogP contribution is 2.49. The van der Waals surface area contributed by atoms with E-state index in [1.165, 1.54) is 6.20 Å². The number of halogens is 2. The summed E-state index contributed by atoms with van der Waals surface area (Å²) in [5.41, 5.74) is -0.431. The Labute approximate surface area is 69.2 Å². The molecule has 1 aromatic heterocycles. The minimum absolute atomic E-state index is 0.415. The number of hydrogen-bond acceptors (Lipinski definition) is 1. The summed E-state index contributed by atoms with van der Waals surface area (Å²) < 4.78 is 13.3. The van der Waals surface area contributed by atoms with Crippen molar-refractivity contribution in [2.75, 3.05) is 0 Å². The zero-order chi connectivity index (χ0) is 7.90. The second kappa shape index (κ2) is 2.18. The summed E-state index contributed by atoms with van der Waals surface area (Å²) in [7, 11) is 0. The van der Waals surface area contributed by atoms with Crippen LogP contribution in [0.15, 0.2) is 18.3 Å². The first-order chi connectivity index (χ1) is 5.21. The van der Waals surface area contributed by atoms with Crippen molar-refractivity contribution in [3.8, 4) is 0 Å². The van der Waals surface area contributed by atoms with Crippen LogP contribution in [0.1, 0.15) is 18.4 Å². The molecule has 0 amide bonds. The first kappa shape index (κ1) is 7.04. The van der Waals surface area contributed by atoms with Crippen LogP contribution in [0.2, 0.25) is 5.15 Å². The van der Waals surface area contributed by atoms with E-state index in [0.29, 0.717) is 23.6 Å². The normalized spacial score (nSPS) is 19.8. The lowest BCUT2D eigenvalue weighted by atomic mass is 10.2. The fourth-order valence-corrected chi connectivity index (χ4v) is 1.15. The summed E-state index contributed by atoms with van der Waals surface area (Å²) in [5.74, 6) is 0. The molecule has 1 saturated carbocycles. The van der Waals surface area contributed by atoms with Gasteiger partial charge in [0.1, 0.15) is 10.8 Å². The number of rotatable bonds is 1. The Kier molecular flexibility index (Phi) is 1.39. The largest absolute Gasteiger partial charge is 0.244 e. The molecule has 0 atom stereocenters. The highest BCUT2D eigenvalue weighted by molar-refractivity contribution is 6.29. The van der Waals surface area contributed by atoms with Crippen LogP contribution >= 0.6 is 11.6 Å². The van der Waals surface area contributed by atoms with E-state index in [9.17, 15) is 4.39 Å². The summed E-state index contributed by atoms with van der Waals surface area (Å²) in [6.07, 6.45) is 2.75. The Morgan fingerprint density at radius 1 is 1.45 bits per heavy atom. The van der Waals surface area contributed by atoms with Crippen LogP contribution in [-0.4, -0.2) is 4.98 Å². The van der Waals surface area contributed by atoms with Crippen molar-refractivity contribution in [1.82, 2.24) is 4.98 Å². The standard InChI is InChI=1S/C8H7ClFN/c9-7-2-1-6(5-11-7)8(10)3-4-8/h1-2,5H,3-4H2. The van der Waals surface area contributed by atoms with Gasteiger partial charge in [0.25, 0.3) is 0 Å². The van der Waals surface area contributed by atoms with Gasteiger partial charge in [0.05, 0.1) is 0 Å². The van der Waals surface area contributed by atoms with Crippen molar-refractivity contribution in [3.63, 3.8) is 0 Å². The predicted molar refractivity (Wildman–Crippen MR) is 41.3 cm³/mol. The fraction of sp³-hybridized carbons (Fsp3) is 0.375. The van der Waals surface area contributed by atoms with Gasteiger partial charge in [0.2, 0.25) is 0 Å². The quantitative estimate of drug-likeness (QED) is 0.592. The van der Waals surface area contributed by atoms with E-state index in [-0.39, 0.29) is 0 Å². The maximum Gasteiger partial charge on any atom is 0.137 e. The third-order valence-electron chi connectivity index (χ3n) is 1.93. The molecule has 1 fully saturated rings. The van der Waals surface area contributed by atoms with Gasteiger partial charge in [0, 0.05) is 11.8 Å². The van der Waals surface area contributed by atoms with Crippen molar-refractivity contribution >= 4 is 11.6 Å². The lowest BCUT2D eigenvalue weighted by Gasteiger charge is -2.02. The van der Waals surface area contributed by atoms with E-state index in [2.05, 4.69) is 4.98 Å². The number of nitrogens with zero attached hydrogens (tertiary/aromatic N) is 1. The first-order valence-corrected chi connectivity index (χ1v) is 3.89. The Balaban J connectivity index is 2.33. The number of aromatic nitrogens is 1. The molecule has 1 aliphatic rings. The number of alkyl halides is 1. The van der Waals surface area contributed by atoms with Crippen molar-refractivity contribution in [2.45, 2.75) is 18.5 Å². The molecule has 0 radical (unpaired) electrons. The summed E-state index contributed by atoms with van der Waals surface area (Å²) in [4.78, 5) is 3.81. The molecule has 1 heterocycles. The minimum Gasteiger partial charge on any atom is -0.244 e. The third-order valence-corrected chi connectivity index (χ3v) is 2.16. The van der Waals surface area contributed by atoms with Gasteiger partial charge in [-0.1, -0.05) is 17.7 Å². The van der Waals surface area contributed by atoms with Crippen LogP contribution in [0.25, 0.3) is 0 Å².